The highest BCUT2D eigenvalue weighted by molar-refractivity contribution is 7.74. The summed E-state index contributed by atoms with van der Waals surface area (Å²) in [5.41, 5.74) is 0. The van der Waals surface area contributed by atoms with Gasteiger partial charge >= 0.3 is 0 Å². The van der Waals surface area contributed by atoms with Crippen LogP contribution in [0.25, 0.3) is 0 Å². The Morgan fingerprint density at radius 3 is 1.40 bits per heavy atom. The molecule has 0 N–H and O–H groups in total. The molecular formula is C20H43O9P. The van der Waals surface area contributed by atoms with Crippen LogP contribution < -0.4 is 5.11 Å². The van der Waals surface area contributed by atoms with Crippen LogP contribution in [0.2, 0.25) is 0 Å². The molecule has 0 unspecified atom stereocenters. The lowest BCUT2D eigenvalue weighted by molar-refractivity contribution is -0.306. The predicted octanol–water partition coefficient (Wildman–Crippen LogP) is 0.396. The van der Waals surface area contributed by atoms with E-state index in [-0.39, 0.29) is 13.0 Å². The van der Waals surface area contributed by atoms with E-state index in [1.54, 1.807) is 21.3 Å². The maximum atomic E-state index is 10.0. The van der Waals surface area contributed by atoms with Gasteiger partial charge < -0.3 is 43.1 Å². The molecule has 0 aromatic heterocycles. The fraction of sp³-hybridized carbons (Fsp3) is 0.950. The van der Waals surface area contributed by atoms with Crippen molar-refractivity contribution in [3.05, 3.63) is 0 Å². The molecule has 0 fully saturated rings. The molecule has 0 aliphatic rings. The summed E-state index contributed by atoms with van der Waals surface area (Å²) in [7, 11) is 4.27. The quantitative estimate of drug-likeness (QED) is 0.178. The van der Waals surface area contributed by atoms with Gasteiger partial charge in [0.15, 0.2) is 0 Å². The van der Waals surface area contributed by atoms with Crippen LogP contribution in [0, 0.1) is 0 Å². The van der Waals surface area contributed by atoms with Gasteiger partial charge in [0, 0.05) is 54.3 Å². The maximum Gasteiger partial charge on any atom is 0.0823 e. The zero-order valence-electron chi connectivity index (χ0n) is 19.5. The second kappa shape index (κ2) is 24.9. The molecule has 0 rings (SSSR count). The number of rotatable bonds is 21. The molecule has 0 spiro atoms. The number of carbonyl (C=O) groups is 1. The third-order valence-corrected chi connectivity index (χ3v) is 6.59. The number of carboxylic acid groups (broad SMARTS) is 1. The number of carbonyl (C=O) groups excluding carboxylic acids is 1. The fourth-order valence-electron chi connectivity index (χ4n) is 1.85. The molecule has 9 nitrogen and oxygen atoms in total. The Kier molecular flexibility index (Phi) is 26.4. The minimum atomic E-state index is -1.10. The van der Waals surface area contributed by atoms with Crippen LogP contribution in [0.1, 0.15) is 6.42 Å². The Morgan fingerprint density at radius 1 is 0.600 bits per heavy atom. The largest absolute Gasteiger partial charge is 0.550 e. The van der Waals surface area contributed by atoms with Crippen LogP contribution >= 0.6 is 7.26 Å². The highest BCUT2D eigenvalue weighted by Gasteiger charge is 2.23. The maximum absolute atomic E-state index is 10.0. The zero-order chi connectivity index (χ0) is 22.9. The van der Waals surface area contributed by atoms with Crippen LogP contribution in [0.4, 0.5) is 0 Å². The number of methoxy groups -OCH3 is 3. The third-order valence-electron chi connectivity index (χ3n) is 3.80. The van der Waals surface area contributed by atoms with E-state index in [9.17, 15) is 9.90 Å². The summed E-state index contributed by atoms with van der Waals surface area (Å²) >= 11 is 0. The Bertz CT molecular complexity index is 357. The average molecular weight is 459 g/mol. The number of carboxylic acids is 1. The molecule has 0 radical (unpaired) electrons. The van der Waals surface area contributed by atoms with Crippen LogP contribution in [-0.4, -0.2) is 126 Å². The smallest absolute Gasteiger partial charge is 0.0823 e. The molecule has 0 saturated heterocycles. The third kappa shape index (κ3) is 29.8. The van der Waals surface area contributed by atoms with Crippen LogP contribution in [0.15, 0.2) is 0 Å². The first-order valence-electron chi connectivity index (χ1n) is 10.2. The second-order valence-electron chi connectivity index (χ2n) is 6.93. The van der Waals surface area contributed by atoms with E-state index >= 15 is 0 Å². The molecule has 0 aliphatic carbocycles. The SMILES string of the molecule is COCCOCCOCCOCCC(=O)[O-].COCCOCC[P+](C)(C)CCOC. The summed E-state index contributed by atoms with van der Waals surface area (Å²) in [5, 5.41) is 10.0. The van der Waals surface area contributed by atoms with Crippen molar-refractivity contribution < 1.29 is 43.1 Å². The fourth-order valence-corrected chi connectivity index (χ4v) is 3.37. The minimum absolute atomic E-state index is 0.0832. The zero-order valence-corrected chi connectivity index (χ0v) is 20.4. The molecule has 0 heterocycles. The van der Waals surface area contributed by atoms with Crippen LogP contribution in [0.3, 0.4) is 0 Å². The summed E-state index contributed by atoms with van der Waals surface area (Å²) in [6.07, 6.45) is 2.29. The van der Waals surface area contributed by atoms with Gasteiger partial charge in [-0.3, -0.25) is 0 Å². The molecule has 0 saturated carbocycles. The molecule has 30 heavy (non-hydrogen) atoms. The Morgan fingerprint density at radius 2 is 0.967 bits per heavy atom. The van der Waals surface area contributed by atoms with Crippen molar-refractivity contribution in [3.8, 4) is 0 Å². The molecule has 0 aromatic rings. The molecule has 0 amide bonds. The first-order valence-corrected chi connectivity index (χ1v) is 13.2. The number of hydrogen-bond donors (Lipinski definition) is 0. The Balaban J connectivity index is 0. The van der Waals surface area contributed by atoms with Gasteiger partial charge in [-0.05, 0) is 0 Å². The molecule has 10 heteroatoms. The van der Waals surface area contributed by atoms with Crippen molar-refractivity contribution in [2.45, 2.75) is 6.42 Å². The second-order valence-corrected chi connectivity index (χ2v) is 11.7. The standard InChI is InChI=1S/C10H20O6.C10H24O3P/c1-13-4-5-15-8-9-16-7-6-14-3-2-10(11)12;1-11-5-6-13-8-10-14(3,4)9-7-12-2/h2-9H2,1H3,(H,11,12);5-10H2,1-4H3/q;+1/p-1. The number of aliphatic carboxylic acids is 1. The lowest BCUT2D eigenvalue weighted by Gasteiger charge is -2.17. The topological polar surface area (TPSA) is 105 Å². The Labute approximate surface area is 183 Å². The molecular weight excluding hydrogens is 415 g/mol. The first kappa shape index (κ1) is 31.8. The van der Waals surface area contributed by atoms with Crippen molar-refractivity contribution in [1.29, 1.82) is 0 Å². The van der Waals surface area contributed by atoms with Crippen molar-refractivity contribution in [3.63, 3.8) is 0 Å². The van der Waals surface area contributed by atoms with E-state index < -0.39 is 13.2 Å². The lowest BCUT2D eigenvalue weighted by Crippen LogP contribution is -2.24. The summed E-state index contributed by atoms with van der Waals surface area (Å²) in [5.74, 6) is -1.10. The van der Waals surface area contributed by atoms with E-state index in [2.05, 4.69) is 13.3 Å². The van der Waals surface area contributed by atoms with Gasteiger partial charge in [0.2, 0.25) is 0 Å². The molecule has 0 atom stereocenters. The average Bonchev–Trinajstić information content (AvgIpc) is 2.70. The molecule has 0 bridgehead atoms. The molecule has 0 aliphatic heterocycles. The lowest BCUT2D eigenvalue weighted by atomic mass is 10.5. The van der Waals surface area contributed by atoms with Crippen molar-refractivity contribution >= 4 is 13.2 Å². The van der Waals surface area contributed by atoms with Gasteiger partial charge in [0.05, 0.1) is 85.0 Å². The Hall–Kier alpha value is -0.380. The van der Waals surface area contributed by atoms with Gasteiger partial charge in [-0.15, -0.1) is 0 Å². The normalized spacial score (nSPS) is 11.2. The van der Waals surface area contributed by atoms with Gasteiger partial charge in [-0.1, -0.05) is 0 Å². The van der Waals surface area contributed by atoms with E-state index in [1.165, 1.54) is 12.3 Å². The van der Waals surface area contributed by atoms with Crippen molar-refractivity contribution in [2.24, 2.45) is 0 Å². The monoisotopic (exact) mass is 458 g/mol. The highest BCUT2D eigenvalue weighted by atomic mass is 31.2. The number of ether oxygens (including phenoxy) is 7. The number of hydrogen-bond acceptors (Lipinski definition) is 9. The van der Waals surface area contributed by atoms with Gasteiger partial charge in [0.25, 0.3) is 0 Å². The highest BCUT2D eigenvalue weighted by Crippen LogP contribution is 2.50. The predicted molar refractivity (Wildman–Crippen MR) is 117 cm³/mol. The van der Waals surface area contributed by atoms with E-state index in [0.717, 1.165) is 13.2 Å². The summed E-state index contributed by atoms with van der Waals surface area (Å²) < 4.78 is 35.5. The van der Waals surface area contributed by atoms with Gasteiger partial charge in [0.1, 0.15) is 0 Å². The van der Waals surface area contributed by atoms with Crippen LogP contribution in [0.5, 0.6) is 0 Å². The van der Waals surface area contributed by atoms with Gasteiger partial charge in [-0.2, -0.15) is 0 Å². The first-order chi connectivity index (χ1) is 14.4. The van der Waals surface area contributed by atoms with E-state index in [1.807, 2.05) is 0 Å². The molecule has 0 aromatic carbocycles. The van der Waals surface area contributed by atoms with Gasteiger partial charge in [-0.25, -0.2) is 0 Å². The van der Waals surface area contributed by atoms with Crippen molar-refractivity contribution in [2.75, 3.05) is 120 Å². The van der Waals surface area contributed by atoms with E-state index in [0.29, 0.717) is 52.9 Å². The summed E-state index contributed by atoms with van der Waals surface area (Å²) in [4.78, 5) is 10.0. The van der Waals surface area contributed by atoms with Crippen LogP contribution in [-0.2, 0) is 38.0 Å². The van der Waals surface area contributed by atoms with E-state index in [4.69, 9.17) is 33.2 Å². The van der Waals surface area contributed by atoms with Crippen molar-refractivity contribution in [1.82, 2.24) is 0 Å². The summed E-state index contributed by atoms with van der Waals surface area (Å²) in [6.45, 7) is 11.0. The summed E-state index contributed by atoms with van der Waals surface area (Å²) in [6, 6.07) is 0. The minimum Gasteiger partial charge on any atom is -0.550 e. The molecule has 182 valence electrons.